The highest BCUT2D eigenvalue weighted by Crippen LogP contribution is 2.29. The summed E-state index contributed by atoms with van der Waals surface area (Å²) in [7, 11) is 0. The van der Waals surface area contributed by atoms with Crippen LogP contribution in [0.2, 0.25) is 0 Å². The minimum atomic E-state index is -2.08. The SMILES string of the molecule is O=C(NCCC1CCCC1)O[C@@]1(O)CCN(c2ccccc2)C1=O. The van der Waals surface area contributed by atoms with Crippen molar-refractivity contribution in [3.8, 4) is 0 Å². The van der Waals surface area contributed by atoms with Crippen molar-refractivity contribution in [1.82, 2.24) is 5.32 Å². The highest BCUT2D eigenvalue weighted by atomic mass is 16.7. The summed E-state index contributed by atoms with van der Waals surface area (Å²) in [5.74, 6) is -2.01. The summed E-state index contributed by atoms with van der Waals surface area (Å²) in [6.07, 6.45) is 5.20. The Kier molecular flexibility index (Phi) is 5.04. The maximum Gasteiger partial charge on any atom is 0.410 e. The third-order valence-electron chi connectivity index (χ3n) is 4.88. The predicted molar refractivity (Wildman–Crippen MR) is 89.4 cm³/mol. The fourth-order valence-electron chi connectivity index (χ4n) is 3.50. The van der Waals surface area contributed by atoms with E-state index in [9.17, 15) is 14.7 Å². The van der Waals surface area contributed by atoms with E-state index >= 15 is 0 Å². The molecule has 1 saturated carbocycles. The Balaban J connectivity index is 1.50. The van der Waals surface area contributed by atoms with Gasteiger partial charge in [-0.2, -0.15) is 0 Å². The largest absolute Gasteiger partial charge is 0.410 e. The van der Waals surface area contributed by atoms with Gasteiger partial charge in [-0.05, 0) is 24.5 Å². The van der Waals surface area contributed by atoms with Crippen LogP contribution in [0.15, 0.2) is 30.3 Å². The van der Waals surface area contributed by atoms with Gasteiger partial charge < -0.3 is 20.1 Å². The standard InChI is InChI=1S/C18H24N2O4/c21-16-18(23,11-13-20(16)15-8-2-1-3-9-15)24-17(22)19-12-10-14-6-4-5-7-14/h1-3,8-9,14,23H,4-7,10-13H2,(H,19,22)/t18-/m0/s1. The van der Waals surface area contributed by atoms with E-state index in [0.717, 1.165) is 6.42 Å². The molecule has 0 unspecified atom stereocenters. The molecule has 0 aromatic heterocycles. The smallest absolute Gasteiger partial charge is 0.407 e. The second kappa shape index (κ2) is 7.21. The van der Waals surface area contributed by atoms with Crippen LogP contribution < -0.4 is 10.2 Å². The Morgan fingerprint density at radius 1 is 1.29 bits per heavy atom. The molecule has 1 aromatic rings. The van der Waals surface area contributed by atoms with Crippen molar-refractivity contribution in [1.29, 1.82) is 0 Å². The average molecular weight is 332 g/mol. The van der Waals surface area contributed by atoms with Crippen LogP contribution in [0.4, 0.5) is 10.5 Å². The van der Waals surface area contributed by atoms with E-state index in [0.29, 0.717) is 24.7 Å². The number of carbonyl (C=O) groups is 2. The molecule has 1 saturated heterocycles. The van der Waals surface area contributed by atoms with E-state index in [4.69, 9.17) is 4.74 Å². The molecule has 6 nitrogen and oxygen atoms in total. The van der Waals surface area contributed by atoms with Gasteiger partial charge in [0.2, 0.25) is 0 Å². The zero-order valence-electron chi connectivity index (χ0n) is 13.7. The van der Waals surface area contributed by atoms with Crippen molar-refractivity contribution >= 4 is 17.7 Å². The van der Waals surface area contributed by atoms with Crippen LogP contribution in [0.5, 0.6) is 0 Å². The monoisotopic (exact) mass is 332 g/mol. The van der Waals surface area contributed by atoms with Gasteiger partial charge >= 0.3 is 6.09 Å². The van der Waals surface area contributed by atoms with Crippen LogP contribution in [0.25, 0.3) is 0 Å². The number of hydrogen-bond acceptors (Lipinski definition) is 4. The quantitative estimate of drug-likeness (QED) is 0.812. The number of carbonyl (C=O) groups excluding carboxylic acids is 2. The predicted octanol–water partition coefficient (Wildman–Crippen LogP) is 2.42. The lowest BCUT2D eigenvalue weighted by atomic mass is 10.0. The summed E-state index contributed by atoms with van der Waals surface area (Å²) < 4.78 is 5.04. The van der Waals surface area contributed by atoms with Gasteiger partial charge in [-0.1, -0.05) is 43.9 Å². The Morgan fingerprint density at radius 3 is 2.71 bits per heavy atom. The number of alkyl carbamates (subject to hydrolysis) is 1. The normalized spacial score (nSPS) is 24.4. The maximum absolute atomic E-state index is 12.4. The molecule has 1 atom stereocenters. The topological polar surface area (TPSA) is 78.9 Å². The zero-order chi connectivity index (χ0) is 17.0. The summed E-state index contributed by atoms with van der Waals surface area (Å²) in [6, 6.07) is 9.05. The van der Waals surface area contributed by atoms with Crippen LogP contribution in [0.1, 0.15) is 38.5 Å². The Morgan fingerprint density at radius 2 is 2.00 bits per heavy atom. The Labute approximate surface area is 141 Å². The molecule has 0 radical (unpaired) electrons. The molecular weight excluding hydrogens is 308 g/mol. The lowest BCUT2D eigenvalue weighted by molar-refractivity contribution is -0.175. The van der Waals surface area contributed by atoms with E-state index in [-0.39, 0.29) is 6.42 Å². The molecule has 24 heavy (non-hydrogen) atoms. The fourth-order valence-corrected chi connectivity index (χ4v) is 3.50. The molecular formula is C18H24N2O4. The molecule has 3 rings (SSSR count). The minimum absolute atomic E-state index is 0.0662. The lowest BCUT2D eigenvalue weighted by Gasteiger charge is -2.22. The average Bonchev–Trinajstić information content (AvgIpc) is 3.18. The van der Waals surface area contributed by atoms with Crippen molar-refractivity contribution in [3.05, 3.63) is 30.3 Å². The molecule has 1 aliphatic heterocycles. The van der Waals surface area contributed by atoms with E-state index in [1.165, 1.54) is 30.6 Å². The number of hydrogen-bond donors (Lipinski definition) is 2. The number of benzene rings is 1. The van der Waals surface area contributed by atoms with Gasteiger partial charge in [-0.25, -0.2) is 4.79 Å². The molecule has 1 heterocycles. The third-order valence-corrected chi connectivity index (χ3v) is 4.88. The summed E-state index contributed by atoms with van der Waals surface area (Å²) >= 11 is 0. The van der Waals surface area contributed by atoms with E-state index in [1.54, 1.807) is 12.1 Å². The van der Waals surface area contributed by atoms with Crippen molar-refractivity contribution in [2.75, 3.05) is 18.0 Å². The van der Waals surface area contributed by atoms with Gasteiger partial charge in [-0.3, -0.25) is 4.79 Å². The van der Waals surface area contributed by atoms with Crippen LogP contribution in [0, 0.1) is 5.92 Å². The van der Waals surface area contributed by atoms with E-state index < -0.39 is 17.8 Å². The van der Waals surface area contributed by atoms with Crippen LogP contribution in [-0.2, 0) is 9.53 Å². The van der Waals surface area contributed by atoms with Gasteiger partial charge in [0.05, 0.1) is 0 Å². The number of ether oxygens (including phenoxy) is 1. The van der Waals surface area contributed by atoms with Crippen molar-refractivity contribution in [2.45, 2.75) is 44.3 Å². The second-order valence-electron chi connectivity index (χ2n) is 6.58. The number of nitrogens with zero attached hydrogens (tertiary/aromatic N) is 1. The molecule has 1 aromatic carbocycles. The third kappa shape index (κ3) is 3.70. The number of amides is 2. The van der Waals surface area contributed by atoms with E-state index in [1.807, 2.05) is 18.2 Å². The first-order valence-electron chi connectivity index (χ1n) is 8.65. The fraction of sp³-hybridized carbons (Fsp3) is 0.556. The van der Waals surface area contributed by atoms with Gasteiger partial charge in [0.15, 0.2) is 0 Å². The number of para-hydroxylation sites is 1. The number of rotatable bonds is 5. The highest BCUT2D eigenvalue weighted by molar-refractivity contribution is 6.01. The molecule has 130 valence electrons. The molecule has 0 spiro atoms. The minimum Gasteiger partial charge on any atom is -0.407 e. The van der Waals surface area contributed by atoms with Gasteiger partial charge in [-0.15, -0.1) is 0 Å². The highest BCUT2D eigenvalue weighted by Gasteiger charge is 2.49. The number of anilines is 1. The Hall–Kier alpha value is -2.08. The first-order chi connectivity index (χ1) is 11.6. The van der Waals surface area contributed by atoms with Crippen molar-refractivity contribution in [3.63, 3.8) is 0 Å². The lowest BCUT2D eigenvalue weighted by Crippen LogP contribution is -2.46. The summed E-state index contributed by atoms with van der Waals surface area (Å²) in [4.78, 5) is 25.8. The van der Waals surface area contributed by atoms with Gasteiger partial charge in [0.1, 0.15) is 0 Å². The molecule has 2 amide bonds. The summed E-state index contributed by atoms with van der Waals surface area (Å²) in [6.45, 7) is 0.824. The number of aliphatic hydroxyl groups is 1. The summed E-state index contributed by atoms with van der Waals surface area (Å²) in [5.41, 5.74) is 0.684. The maximum atomic E-state index is 12.4. The second-order valence-corrected chi connectivity index (χ2v) is 6.58. The summed E-state index contributed by atoms with van der Waals surface area (Å²) in [5, 5.41) is 13.0. The number of nitrogens with one attached hydrogen (secondary N) is 1. The van der Waals surface area contributed by atoms with Gasteiger partial charge in [0.25, 0.3) is 11.7 Å². The first-order valence-corrected chi connectivity index (χ1v) is 8.65. The molecule has 1 aliphatic carbocycles. The van der Waals surface area contributed by atoms with Gasteiger partial charge in [0, 0.05) is 25.2 Å². The first kappa shape index (κ1) is 16.8. The van der Waals surface area contributed by atoms with Crippen LogP contribution in [-0.4, -0.2) is 36.0 Å². The van der Waals surface area contributed by atoms with E-state index in [2.05, 4.69) is 5.32 Å². The molecule has 2 N–H and O–H groups in total. The molecule has 0 bridgehead atoms. The molecule has 2 fully saturated rings. The van der Waals surface area contributed by atoms with Crippen molar-refractivity contribution < 1.29 is 19.4 Å². The van der Waals surface area contributed by atoms with Crippen LogP contribution >= 0.6 is 0 Å². The molecule has 6 heteroatoms. The van der Waals surface area contributed by atoms with Crippen LogP contribution in [0.3, 0.4) is 0 Å². The zero-order valence-corrected chi connectivity index (χ0v) is 13.7. The van der Waals surface area contributed by atoms with Crippen molar-refractivity contribution in [2.24, 2.45) is 5.92 Å². The molecule has 2 aliphatic rings. The Bertz CT molecular complexity index is 586.